The topological polar surface area (TPSA) is 82.7 Å². The molecule has 34 heavy (non-hydrogen) atoms. The second kappa shape index (κ2) is 8.79. The minimum Gasteiger partial charge on any atom is -0.382 e. The average molecular weight is 488 g/mol. The van der Waals surface area contributed by atoms with Crippen molar-refractivity contribution >= 4 is 45.1 Å². The number of nitrogens with zero attached hydrogens (tertiary/aromatic N) is 2. The number of benzene rings is 1. The maximum absolute atomic E-state index is 13.4. The maximum atomic E-state index is 13.4. The van der Waals surface area contributed by atoms with E-state index in [-0.39, 0.29) is 23.5 Å². The van der Waals surface area contributed by atoms with E-state index in [2.05, 4.69) is 25.6 Å². The van der Waals surface area contributed by atoms with Crippen LogP contribution in [0.3, 0.4) is 0 Å². The maximum Gasteiger partial charge on any atom is 0.433 e. The molecule has 1 aliphatic rings. The lowest BCUT2D eigenvalue weighted by Gasteiger charge is -2.31. The van der Waals surface area contributed by atoms with Gasteiger partial charge in [0.2, 0.25) is 0 Å². The number of pyridine rings is 2. The molecule has 0 saturated heterocycles. The third kappa shape index (κ3) is 4.52. The molecule has 10 heteroatoms. The predicted molar refractivity (Wildman–Crippen MR) is 125 cm³/mol. The van der Waals surface area contributed by atoms with Crippen molar-refractivity contribution < 1.29 is 18.0 Å². The molecule has 1 saturated carbocycles. The van der Waals surface area contributed by atoms with Crippen molar-refractivity contribution in [3.8, 4) is 0 Å². The molecule has 1 aromatic carbocycles. The number of amides is 1. The lowest BCUT2D eigenvalue weighted by molar-refractivity contribution is -0.140. The standard InChI is InChI=1S/C24H21ClF3N5O/c25-13-1-6-19-18(11-13)20(12-21(33-19)24(26,27)28)31-14-2-4-15(5-3-14)32-23(34)17-8-10-30-22-16(17)7-9-29-22/h1,6-12,14-15H,2-5H2,(H,29,30)(H,31,33)(H,32,34)/t14-,15+. The molecule has 4 aromatic rings. The first-order valence-corrected chi connectivity index (χ1v) is 11.3. The molecule has 0 atom stereocenters. The number of aromatic amines is 1. The van der Waals surface area contributed by atoms with Crippen LogP contribution in [-0.2, 0) is 6.18 Å². The number of hydrogen-bond acceptors (Lipinski definition) is 4. The molecular formula is C24H21ClF3N5O. The van der Waals surface area contributed by atoms with Crippen LogP contribution >= 0.6 is 11.6 Å². The summed E-state index contributed by atoms with van der Waals surface area (Å²) in [5, 5.41) is 8.08. The highest BCUT2D eigenvalue weighted by molar-refractivity contribution is 6.31. The lowest BCUT2D eigenvalue weighted by Crippen LogP contribution is -2.40. The Morgan fingerprint density at radius 1 is 1.03 bits per heavy atom. The highest BCUT2D eigenvalue weighted by Crippen LogP contribution is 2.35. The number of carbonyl (C=O) groups excluding carboxylic acids is 1. The van der Waals surface area contributed by atoms with Crippen LogP contribution in [0.5, 0.6) is 0 Å². The molecule has 176 valence electrons. The van der Waals surface area contributed by atoms with E-state index in [9.17, 15) is 18.0 Å². The number of carbonyl (C=O) groups is 1. The molecule has 3 heterocycles. The summed E-state index contributed by atoms with van der Waals surface area (Å²) < 4.78 is 40.1. The van der Waals surface area contributed by atoms with E-state index in [0.717, 1.165) is 11.5 Å². The molecular weight excluding hydrogens is 467 g/mol. The van der Waals surface area contributed by atoms with E-state index in [0.29, 0.717) is 53.0 Å². The van der Waals surface area contributed by atoms with E-state index in [1.54, 1.807) is 24.5 Å². The first-order chi connectivity index (χ1) is 16.3. The van der Waals surface area contributed by atoms with Gasteiger partial charge in [0.1, 0.15) is 11.3 Å². The Balaban J connectivity index is 1.28. The van der Waals surface area contributed by atoms with E-state index in [4.69, 9.17) is 11.6 Å². The summed E-state index contributed by atoms with van der Waals surface area (Å²) in [6.45, 7) is 0. The fraction of sp³-hybridized carbons (Fsp3) is 0.292. The highest BCUT2D eigenvalue weighted by Gasteiger charge is 2.34. The van der Waals surface area contributed by atoms with Gasteiger partial charge in [-0.25, -0.2) is 9.97 Å². The third-order valence-electron chi connectivity index (χ3n) is 6.19. The van der Waals surface area contributed by atoms with E-state index in [1.807, 2.05) is 6.07 Å². The molecule has 0 aliphatic heterocycles. The second-order valence-electron chi connectivity index (χ2n) is 8.48. The number of hydrogen-bond donors (Lipinski definition) is 3. The quantitative estimate of drug-likeness (QED) is 0.333. The number of fused-ring (bicyclic) bond motifs is 2. The molecule has 1 aliphatic carbocycles. The number of H-pyrrole nitrogens is 1. The zero-order valence-corrected chi connectivity index (χ0v) is 18.7. The fourth-order valence-electron chi connectivity index (χ4n) is 4.49. The lowest BCUT2D eigenvalue weighted by atomic mass is 9.90. The van der Waals surface area contributed by atoms with E-state index < -0.39 is 11.9 Å². The van der Waals surface area contributed by atoms with E-state index >= 15 is 0 Å². The molecule has 3 aromatic heterocycles. The molecule has 0 radical (unpaired) electrons. The van der Waals surface area contributed by atoms with Gasteiger partial charge < -0.3 is 15.6 Å². The number of nitrogens with one attached hydrogen (secondary N) is 3. The number of aromatic nitrogens is 3. The summed E-state index contributed by atoms with van der Waals surface area (Å²) in [6, 6.07) is 9.14. The Kier molecular flexibility index (Phi) is 5.81. The van der Waals surface area contributed by atoms with Crippen molar-refractivity contribution in [1.82, 2.24) is 20.3 Å². The molecule has 0 unspecified atom stereocenters. The number of alkyl halides is 3. The summed E-state index contributed by atoms with van der Waals surface area (Å²) in [6.07, 6.45) is 1.60. The zero-order valence-electron chi connectivity index (χ0n) is 17.9. The van der Waals surface area contributed by atoms with Gasteiger partial charge in [-0.3, -0.25) is 4.79 Å². The van der Waals surface area contributed by atoms with Gasteiger partial charge >= 0.3 is 6.18 Å². The van der Waals surface area contributed by atoms with E-state index in [1.165, 1.54) is 12.1 Å². The van der Waals surface area contributed by atoms with Crippen LogP contribution < -0.4 is 10.6 Å². The van der Waals surface area contributed by atoms with Gasteiger partial charge in [0.15, 0.2) is 0 Å². The van der Waals surface area contributed by atoms with Crippen molar-refractivity contribution in [2.75, 3.05) is 5.32 Å². The summed E-state index contributed by atoms with van der Waals surface area (Å²) in [5.41, 5.74) is 0.865. The Morgan fingerprint density at radius 2 is 1.79 bits per heavy atom. The molecule has 0 bridgehead atoms. The number of halogens is 4. The SMILES string of the molecule is O=C(N[C@H]1CC[C@@H](Nc2cc(C(F)(F)F)nc3ccc(Cl)cc23)CC1)c1ccnc2[nH]ccc12. The van der Waals surface area contributed by atoms with Crippen LogP contribution in [0.15, 0.2) is 48.8 Å². The van der Waals surface area contributed by atoms with Gasteiger partial charge in [0, 0.05) is 46.0 Å². The Morgan fingerprint density at radius 3 is 2.56 bits per heavy atom. The zero-order chi connectivity index (χ0) is 23.9. The van der Waals surface area contributed by atoms with Crippen molar-refractivity contribution in [2.45, 2.75) is 43.9 Å². The minimum atomic E-state index is -4.55. The van der Waals surface area contributed by atoms with Crippen LogP contribution in [0.4, 0.5) is 18.9 Å². The van der Waals surface area contributed by atoms with Gasteiger partial charge in [-0.1, -0.05) is 11.6 Å². The Bertz CT molecular complexity index is 1360. The molecule has 3 N–H and O–H groups in total. The Hall–Kier alpha value is -3.33. The number of anilines is 1. The molecule has 6 nitrogen and oxygen atoms in total. The summed E-state index contributed by atoms with van der Waals surface area (Å²) >= 11 is 6.09. The van der Waals surface area contributed by atoms with Gasteiger partial charge in [0.05, 0.1) is 11.1 Å². The smallest absolute Gasteiger partial charge is 0.382 e. The largest absolute Gasteiger partial charge is 0.433 e. The van der Waals surface area contributed by atoms with Crippen LogP contribution in [0.1, 0.15) is 41.7 Å². The van der Waals surface area contributed by atoms with Crippen molar-refractivity contribution in [3.63, 3.8) is 0 Å². The fourth-order valence-corrected chi connectivity index (χ4v) is 4.66. The minimum absolute atomic E-state index is 0.0120. The molecule has 0 spiro atoms. The number of rotatable bonds is 4. The Labute approximate surface area is 197 Å². The van der Waals surface area contributed by atoms with Crippen molar-refractivity contribution in [3.05, 3.63) is 65.1 Å². The third-order valence-corrected chi connectivity index (χ3v) is 6.42. The van der Waals surface area contributed by atoms with Gasteiger partial charge in [-0.15, -0.1) is 0 Å². The highest BCUT2D eigenvalue weighted by atomic mass is 35.5. The van der Waals surface area contributed by atoms with Crippen LogP contribution in [0.2, 0.25) is 5.02 Å². The average Bonchev–Trinajstić information content (AvgIpc) is 3.29. The normalized spacial score (nSPS) is 18.8. The second-order valence-corrected chi connectivity index (χ2v) is 8.92. The van der Waals surface area contributed by atoms with Gasteiger partial charge in [-0.2, -0.15) is 13.2 Å². The summed E-state index contributed by atoms with van der Waals surface area (Å²) in [7, 11) is 0. The van der Waals surface area contributed by atoms with Crippen LogP contribution in [-0.4, -0.2) is 32.9 Å². The van der Waals surface area contributed by atoms with Gasteiger partial charge in [0.25, 0.3) is 5.91 Å². The van der Waals surface area contributed by atoms with Crippen molar-refractivity contribution in [1.29, 1.82) is 0 Å². The molecule has 5 rings (SSSR count). The summed E-state index contributed by atoms with van der Waals surface area (Å²) in [4.78, 5) is 23.8. The van der Waals surface area contributed by atoms with Gasteiger partial charge in [-0.05, 0) is 62.1 Å². The summed E-state index contributed by atoms with van der Waals surface area (Å²) in [5.74, 6) is -0.159. The monoisotopic (exact) mass is 487 g/mol. The molecule has 1 fully saturated rings. The van der Waals surface area contributed by atoms with Crippen LogP contribution in [0.25, 0.3) is 21.9 Å². The van der Waals surface area contributed by atoms with Crippen LogP contribution in [0, 0.1) is 0 Å². The molecule has 1 amide bonds. The first kappa shape index (κ1) is 22.5. The predicted octanol–water partition coefficient (Wildman–Crippen LogP) is 5.94. The first-order valence-electron chi connectivity index (χ1n) is 10.9. The van der Waals surface area contributed by atoms with Crippen molar-refractivity contribution in [2.24, 2.45) is 0 Å².